The molecule has 1 amide bonds. The van der Waals surface area contributed by atoms with Crippen LogP contribution in [0.3, 0.4) is 0 Å². The van der Waals surface area contributed by atoms with Gasteiger partial charge in [-0.2, -0.15) is 17.0 Å². The summed E-state index contributed by atoms with van der Waals surface area (Å²) >= 11 is 1.72. The summed E-state index contributed by atoms with van der Waals surface area (Å²) in [4.78, 5) is 16.6. The molecule has 0 saturated carbocycles. The van der Waals surface area contributed by atoms with Gasteiger partial charge in [0.15, 0.2) is 0 Å². The molecule has 0 radical (unpaired) electrons. The van der Waals surface area contributed by atoms with Gasteiger partial charge in [-0.25, -0.2) is 0 Å². The molecule has 2 rings (SSSR count). The predicted molar refractivity (Wildman–Crippen MR) is 92.1 cm³/mol. The minimum Gasteiger partial charge on any atom is -0.370 e. The van der Waals surface area contributed by atoms with Crippen molar-refractivity contribution in [1.82, 2.24) is 4.90 Å². The number of anilines is 1. The number of nitrogens with zero attached hydrogens (tertiary/aromatic N) is 3. The van der Waals surface area contributed by atoms with E-state index in [9.17, 15) is 4.79 Å². The molecule has 1 fully saturated rings. The van der Waals surface area contributed by atoms with Crippen molar-refractivity contribution in [3.05, 3.63) is 29.8 Å². The van der Waals surface area contributed by atoms with Crippen LogP contribution in [0.2, 0.25) is 0 Å². The molecule has 1 aromatic rings. The van der Waals surface area contributed by atoms with Crippen LogP contribution in [0.1, 0.15) is 18.9 Å². The van der Waals surface area contributed by atoms with Gasteiger partial charge in [-0.15, -0.1) is 0 Å². The molecule has 1 heterocycles. The molecule has 0 bridgehead atoms. The molecule has 0 N–H and O–H groups in total. The first-order valence-electron chi connectivity index (χ1n) is 7.57. The number of carbonyl (C=O) groups is 1. The van der Waals surface area contributed by atoms with Crippen molar-refractivity contribution >= 4 is 23.4 Å². The summed E-state index contributed by atoms with van der Waals surface area (Å²) in [6.45, 7) is 3.60. The Bertz CT molecular complexity index is 569. The molecule has 0 spiro atoms. The maximum Gasteiger partial charge on any atom is 0.226 e. The fraction of sp³-hybridized carbons (Fsp3) is 0.529. The normalized spacial score (nSPS) is 18.8. The van der Waals surface area contributed by atoms with Crippen molar-refractivity contribution in [2.24, 2.45) is 5.92 Å². The summed E-state index contributed by atoms with van der Waals surface area (Å²) in [5, 5.41) is 9.01. The summed E-state index contributed by atoms with van der Waals surface area (Å²) in [5.41, 5.74) is 1.71. The Morgan fingerprint density at radius 1 is 1.59 bits per heavy atom. The lowest BCUT2D eigenvalue weighted by molar-refractivity contribution is -0.133. The van der Waals surface area contributed by atoms with E-state index in [1.807, 2.05) is 49.4 Å². The van der Waals surface area contributed by atoms with Gasteiger partial charge in [-0.05, 0) is 30.9 Å². The molecule has 118 valence electrons. The Morgan fingerprint density at radius 3 is 3.05 bits per heavy atom. The molecule has 4 nitrogen and oxygen atoms in total. The number of likely N-dealkylation sites (N-methyl/N-ethyl adjacent to an activating group) is 1. The third-order valence-corrected chi connectivity index (χ3v) is 5.08. The van der Waals surface area contributed by atoms with Crippen molar-refractivity contribution in [1.29, 1.82) is 5.26 Å². The third kappa shape index (κ3) is 3.75. The van der Waals surface area contributed by atoms with Gasteiger partial charge >= 0.3 is 0 Å². The summed E-state index contributed by atoms with van der Waals surface area (Å²) < 4.78 is 0. The van der Waals surface area contributed by atoms with Crippen LogP contribution in [0.15, 0.2) is 24.3 Å². The number of carbonyl (C=O) groups excluding carboxylic acids is 1. The molecular weight excluding hydrogens is 294 g/mol. The van der Waals surface area contributed by atoms with E-state index in [0.29, 0.717) is 11.6 Å². The van der Waals surface area contributed by atoms with Crippen LogP contribution in [0, 0.1) is 17.2 Å². The topological polar surface area (TPSA) is 47.3 Å². The second kappa shape index (κ2) is 7.55. The first-order chi connectivity index (χ1) is 10.6. The van der Waals surface area contributed by atoms with Crippen LogP contribution in [0.5, 0.6) is 0 Å². The zero-order chi connectivity index (χ0) is 16.1. The predicted octanol–water partition coefficient (Wildman–Crippen LogP) is 2.59. The molecular formula is C17H23N3OS. The maximum absolute atomic E-state index is 12.4. The van der Waals surface area contributed by atoms with Crippen LogP contribution in [-0.2, 0) is 4.79 Å². The highest BCUT2D eigenvalue weighted by molar-refractivity contribution is 7.98. The van der Waals surface area contributed by atoms with Crippen molar-refractivity contribution in [3.63, 3.8) is 0 Å². The summed E-state index contributed by atoms with van der Waals surface area (Å²) in [7, 11) is 2.04. The summed E-state index contributed by atoms with van der Waals surface area (Å²) in [6.07, 6.45) is 3.01. The molecule has 2 unspecified atom stereocenters. The molecule has 1 aliphatic heterocycles. The first kappa shape index (κ1) is 16.7. The van der Waals surface area contributed by atoms with Crippen LogP contribution in [0.4, 0.5) is 5.69 Å². The van der Waals surface area contributed by atoms with Crippen LogP contribution in [-0.4, -0.2) is 49.0 Å². The lowest BCUT2D eigenvalue weighted by Gasteiger charge is -2.27. The largest absolute Gasteiger partial charge is 0.370 e. The van der Waals surface area contributed by atoms with E-state index in [2.05, 4.69) is 11.0 Å². The minimum atomic E-state index is 0.0842. The van der Waals surface area contributed by atoms with Crippen molar-refractivity contribution < 1.29 is 4.79 Å². The minimum absolute atomic E-state index is 0.0842. The smallest absolute Gasteiger partial charge is 0.226 e. The van der Waals surface area contributed by atoms with Crippen molar-refractivity contribution in [2.45, 2.75) is 19.4 Å². The zero-order valence-corrected chi connectivity index (χ0v) is 14.3. The standard InChI is InChI=1S/C17H23N3OS/c1-13(12-22-3)17(21)20-8-7-16(11-20)19(2)15-6-4-5-14(9-15)10-18/h4-6,9,13,16H,7-8,11-12H2,1-3H3. The van der Waals surface area contributed by atoms with E-state index in [1.165, 1.54) is 0 Å². The Morgan fingerprint density at radius 2 is 2.36 bits per heavy atom. The Balaban J connectivity index is 2.00. The van der Waals surface area contributed by atoms with Crippen LogP contribution >= 0.6 is 11.8 Å². The van der Waals surface area contributed by atoms with Gasteiger partial charge in [0.2, 0.25) is 5.91 Å². The molecule has 1 aliphatic rings. The van der Waals surface area contributed by atoms with Gasteiger partial charge in [-0.1, -0.05) is 13.0 Å². The van der Waals surface area contributed by atoms with Gasteiger partial charge in [-0.3, -0.25) is 4.79 Å². The fourth-order valence-corrected chi connectivity index (χ4v) is 3.54. The molecule has 5 heteroatoms. The molecule has 22 heavy (non-hydrogen) atoms. The third-order valence-electron chi connectivity index (χ3n) is 4.24. The highest BCUT2D eigenvalue weighted by Crippen LogP contribution is 2.23. The number of nitriles is 1. The number of rotatable bonds is 5. The number of hydrogen-bond acceptors (Lipinski definition) is 4. The SMILES string of the molecule is CSCC(C)C(=O)N1CCC(N(C)c2cccc(C#N)c2)C1. The highest BCUT2D eigenvalue weighted by atomic mass is 32.2. The summed E-state index contributed by atoms with van der Waals surface area (Å²) in [6, 6.07) is 10.1. The van der Waals surface area contributed by atoms with Gasteiger partial charge in [0, 0.05) is 43.5 Å². The maximum atomic E-state index is 12.4. The average molecular weight is 317 g/mol. The second-order valence-corrected chi connectivity index (χ2v) is 6.77. The van der Waals surface area contributed by atoms with E-state index in [4.69, 9.17) is 5.26 Å². The van der Waals surface area contributed by atoms with Crippen molar-refractivity contribution in [3.8, 4) is 6.07 Å². The Hall–Kier alpha value is -1.67. The van der Waals surface area contributed by atoms with E-state index >= 15 is 0 Å². The number of thioether (sulfide) groups is 1. The first-order valence-corrected chi connectivity index (χ1v) is 8.97. The molecule has 0 aliphatic carbocycles. The molecule has 0 aromatic heterocycles. The Labute approximate surface area is 137 Å². The molecule has 1 aromatic carbocycles. The van der Waals surface area contributed by atoms with E-state index < -0.39 is 0 Å². The number of hydrogen-bond donors (Lipinski definition) is 0. The van der Waals surface area contributed by atoms with Gasteiger partial charge < -0.3 is 9.80 Å². The monoisotopic (exact) mass is 317 g/mol. The Kier molecular flexibility index (Phi) is 5.73. The van der Waals surface area contributed by atoms with E-state index in [-0.39, 0.29) is 11.8 Å². The lowest BCUT2D eigenvalue weighted by Crippen LogP contribution is -2.38. The van der Waals surface area contributed by atoms with Gasteiger partial charge in [0.25, 0.3) is 0 Å². The zero-order valence-electron chi connectivity index (χ0n) is 13.5. The number of likely N-dealkylation sites (tertiary alicyclic amines) is 1. The number of benzene rings is 1. The van der Waals surface area contributed by atoms with E-state index in [0.717, 1.165) is 31.0 Å². The number of amides is 1. The van der Waals surface area contributed by atoms with Crippen LogP contribution < -0.4 is 4.90 Å². The lowest BCUT2D eigenvalue weighted by atomic mass is 10.1. The van der Waals surface area contributed by atoms with Gasteiger partial charge in [0.1, 0.15) is 0 Å². The molecule has 2 atom stereocenters. The highest BCUT2D eigenvalue weighted by Gasteiger charge is 2.31. The quantitative estimate of drug-likeness (QED) is 0.837. The average Bonchev–Trinajstić information content (AvgIpc) is 3.03. The van der Waals surface area contributed by atoms with Crippen LogP contribution in [0.25, 0.3) is 0 Å². The molecule has 1 saturated heterocycles. The fourth-order valence-electron chi connectivity index (χ4n) is 2.90. The summed E-state index contributed by atoms with van der Waals surface area (Å²) in [5.74, 6) is 1.22. The van der Waals surface area contributed by atoms with Crippen molar-refractivity contribution in [2.75, 3.05) is 37.0 Å². The van der Waals surface area contributed by atoms with E-state index in [1.54, 1.807) is 11.8 Å². The van der Waals surface area contributed by atoms with Gasteiger partial charge in [0.05, 0.1) is 11.6 Å². The second-order valence-electron chi connectivity index (χ2n) is 5.86.